The number of nitrogens with zero attached hydrogens (tertiary/aromatic N) is 1. The second-order valence-electron chi connectivity index (χ2n) is 5.21. The third-order valence-corrected chi connectivity index (χ3v) is 3.68. The predicted octanol–water partition coefficient (Wildman–Crippen LogP) is 0.281. The summed E-state index contributed by atoms with van der Waals surface area (Å²) in [5, 5.41) is 5.58. The highest BCUT2D eigenvalue weighted by molar-refractivity contribution is 5.96. The molecule has 1 heterocycles. The second-order valence-corrected chi connectivity index (χ2v) is 5.21. The lowest BCUT2D eigenvalue weighted by Crippen LogP contribution is -2.51. The summed E-state index contributed by atoms with van der Waals surface area (Å²) >= 11 is 0. The van der Waals surface area contributed by atoms with Crippen molar-refractivity contribution in [2.45, 2.75) is 39.2 Å². The van der Waals surface area contributed by atoms with Gasteiger partial charge in [-0.2, -0.15) is 0 Å². The Kier molecular flexibility index (Phi) is 6.80. The van der Waals surface area contributed by atoms with E-state index in [1.54, 1.807) is 0 Å². The number of rotatable bonds is 6. The number of carbonyl (C=O) groups is 2. The molecule has 0 bridgehead atoms. The lowest BCUT2D eigenvalue weighted by molar-refractivity contribution is -0.125. The van der Waals surface area contributed by atoms with E-state index < -0.39 is 6.03 Å². The van der Waals surface area contributed by atoms with Crippen molar-refractivity contribution in [3.63, 3.8) is 0 Å². The molecule has 0 aromatic carbocycles. The van der Waals surface area contributed by atoms with Crippen molar-refractivity contribution in [3.05, 3.63) is 0 Å². The summed E-state index contributed by atoms with van der Waals surface area (Å²) in [6.07, 6.45) is 3.33. The number of likely N-dealkylation sites (tertiary alicyclic amines) is 1. The average Bonchev–Trinajstić information content (AvgIpc) is 2.38. The molecule has 6 nitrogen and oxygen atoms in total. The number of carbonyl (C=O) groups excluding carboxylic acids is 2. The van der Waals surface area contributed by atoms with Crippen molar-refractivity contribution in [3.8, 4) is 0 Å². The number of amides is 3. The minimum Gasteiger partial charge on any atom is -0.351 e. The molecule has 4 N–H and O–H groups in total. The third kappa shape index (κ3) is 5.57. The van der Waals surface area contributed by atoms with Gasteiger partial charge in [0.05, 0.1) is 6.04 Å². The molecular formula is C13H26N4O2. The van der Waals surface area contributed by atoms with Crippen molar-refractivity contribution >= 4 is 11.9 Å². The first-order valence-electron chi connectivity index (χ1n) is 7.09. The number of hydrogen-bond acceptors (Lipinski definition) is 4. The molecular weight excluding hydrogens is 244 g/mol. The van der Waals surface area contributed by atoms with E-state index in [1.807, 2.05) is 6.92 Å². The van der Waals surface area contributed by atoms with Gasteiger partial charge in [0.15, 0.2) is 0 Å². The van der Waals surface area contributed by atoms with Gasteiger partial charge in [0, 0.05) is 0 Å². The van der Waals surface area contributed by atoms with Gasteiger partial charge in [0.25, 0.3) is 0 Å². The zero-order chi connectivity index (χ0) is 14.3. The van der Waals surface area contributed by atoms with E-state index in [0.29, 0.717) is 5.92 Å². The molecule has 1 fully saturated rings. The van der Waals surface area contributed by atoms with Crippen LogP contribution in [0.3, 0.4) is 0 Å². The van der Waals surface area contributed by atoms with Gasteiger partial charge in [0.2, 0.25) is 5.91 Å². The molecule has 0 aromatic rings. The molecule has 19 heavy (non-hydrogen) atoms. The molecule has 3 amide bonds. The number of nitrogens with one attached hydrogen (secondary N) is 2. The first-order chi connectivity index (χ1) is 9.04. The fourth-order valence-electron chi connectivity index (χ4n) is 2.42. The monoisotopic (exact) mass is 270 g/mol. The number of urea groups is 1. The maximum absolute atomic E-state index is 11.7. The Morgan fingerprint density at radius 2 is 2.00 bits per heavy atom. The molecule has 6 heteroatoms. The summed E-state index contributed by atoms with van der Waals surface area (Å²) in [6, 6.07) is -1.08. The Bertz CT molecular complexity index is 301. The summed E-state index contributed by atoms with van der Waals surface area (Å²) in [5.74, 6) is 0.379. The Morgan fingerprint density at radius 3 is 2.53 bits per heavy atom. The van der Waals surface area contributed by atoms with Crippen LogP contribution in [0, 0.1) is 5.92 Å². The molecule has 1 saturated heterocycles. The Balaban J connectivity index is 2.28. The largest absolute Gasteiger partial charge is 0.351 e. The molecule has 1 atom stereocenters. The van der Waals surface area contributed by atoms with Crippen molar-refractivity contribution in [2.75, 3.05) is 26.2 Å². The zero-order valence-corrected chi connectivity index (χ0v) is 11.9. The first-order valence-corrected chi connectivity index (χ1v) is 7.09. The first kappa shape index (κ1) is 15.9. The highest BCUT2D eigenvalue weighted by Gasteiger charge is 2.26. The predicted molar refractivity (Wildman–Crippen MR) is 74.6 cm³/mol. The summed E-state index contributed by atoms with van der Waals surface area (Å²) in [6.45, 7) is 7.89. The maximum atomic E-state index is 11.7. The molecule has 0 aromatic heterocycles. The topological polar surface area (TPSA) is 87.5 Å². The van der Waals surface area contributed by atoms with E-state index in [2.05, 4.69) is 22.5 Å². The number of imide groups is 1. The van der Waals surface area contributed by atoms with Crippen LogP contribution in [-0.2, 0) is 4.79 Å². The smallest absolute Gasteiger partial charge is 0.318 e. The summed E-state index contributed by atoms with van der Waals surface area (Å²) in [5.41, 5.74) is 4.95. The third-order valence-electron chi connectivity index (χ3n) is 3.68. The van der Waals surface area contributed by atoms with Gasteiger partial charge in [-0.1, -0.05) is 6.92 Å². The minimum absolute atomic E-state index is 0.294. The summed E-state index contributed by atoms with van der Waals surface area (Å²) in [4.78, 5) is 24.4. The fourth-order valence-corrected chi connectivity index (χ4v) is 2.42. The second kappa shape index (κ2) is 8.12. The van der Waals surface area contributed by atoms with Crippen LogP contribution in [0.4, 0.5) is 4.79 Å². The minimum atomic E-state index is -0.782. The van der Waals surface area contributed by atoms with E-state index in [0.717, 1.165) is 45.4 Å². The van der Waals surface area contributed by atoms with Crippen molar-refractivity contribution in [1.82, 2.24) is 15.5 Å². The molecule has 110 valence electrons. The number of nitrogens with two attached hydrogens (primary N) is 1. The van der Waals surface area contributed by atoms with E-state index in [-0.39, 0.29) is 11.9 Å². The molecule has 0 spiro atoms. The van der Waals surface area contributed by atoms with Crippen molar-refractivity contribution in [2.24, 2.45) is 11.7 Å². The maximum Gasteiger partial charge on any atom is 0.318 e. The van der Waals surface area contributed by atoms with Gasteiger partial charge in [-0.25, -0.2) is 4.79 Å². The van der Waals surface area contributed by atoms with Crippen molar-refractivity contribution in [1.29, 1.82) is 0 Å². The Morgan fingerprint density at radius 1 is 1.37 bits per heavy atom. The van der Waals surface area contributed by atoms with Gasteiger partial charge < -0.3 is 11.1 Å². The van der Waals surface area contributed by atoms with Gasteiger partial charge >= 0.3 is 6.03 Å². The number of primary amides is 1. The molecule has 0 aliphatic carbocycles. The summed E-state index contributed by atoms with van der Waals surface area (Å²) < 4.78 is 0. The van der Waals surface area contributed by atoms with Crippen LogP contribution in [0.5, 0.6) is 0 Å². The van der Waals surface area contributed by atoms with Crippen LogP contribution in [-0.4, -0.2) is 49.1 Å². The van der Waals surface area contributed by atoms with E-state index in [9.17, 15) is 9.59 Å². The van der Waals surface area contributed by atoms with Crippen LogP contribution in [0.25, 0.3) is 0 Å². The van der Waals surface area contributed by atoms with Gasteiger partial charge in [0.1, 0.15) is 0 Å². The van der Waals surface area contributed by atoms with Crippen LogP contribution in [0.15, 0.2) is 0 Å². The molecule has 1 aliphatic rings. The highest BCUT2D eigenvalue weighted by Crippen LogP contribution is 2.18. The zero-order valence-electron chi connectivity index (χ0n) is 11.9. The fraction of sp³-hybridized carbons (Fsp3) is 0.846. The van der Waals surface area contributed by atoms with Crippen LogP contribution in [0.2, 0.25) is 0 Å². The average molecular weight is 270 g/mol. The normalized spacial score (nSPS) is 19.1. The van der Waals surface area contributed by atoms with Gasteiger partial charge in [-0.05, 0) is 58.3 Å². The highest BCUT2D eigenvalue weighted by atomic mass is 16.2. The Hall–Kier alpha value is -1.14. The molecule has 0 radical (unpaired) electrons. The van der Waals surface area contributed by atoms with Gasteiger partial charge in [-0.3, -0.25) is 15.0 Å². The quantitative estimate of drug-likeness (QED) is 0.605. The van der Waals surface area contributed by atoms with E-state index in [1.165, 1.54) is 0 Å². The van der Waals surface area contributed by atoms with Crippen LogP contribution in [0.1, 0.15) is 33.1 Å². The molecule has 1 aliphatic heterocycles. The van der Waals surface area contributed by atoms with Gasteiger partial charge in [-0.15, -0.1) is 0 Å². The molecule has 0 saturated carbocycles. The SMILES string of the molecule is CCCNCC1CCN(C(C)C(=O)NC(N)=O)CC1. The van der Waals surface area contributed by atoms with E-state index >= 15 is 0 Å². The molecule has 1 unspecified atom stereocenters. The summed E-state index contributed by atoms with van der Waals surface area (Å²) in [7, 11) is 0. The van der Waals surface area contributed by atoms with Crippen LogP contribution >= 0.6 is 0 Å². The Labute approximate surface area is 115 Å². The van der Waals surface area contributed by atoms with Crippen LogP contribution < -0.4 is 16.4 Å². The molecule has 1 rings (SSSR count). The number of piperidine rings is 1. The number of hydrogen-bond donors (Lipinski definition) is 3. The standard InChI is InChI=1S/C13H26N4O2/c1-3-6-15-9-11-4-7-17(8-5-11)10(2)12(18)16-13(14)19/h10-11,15H,3-9H2,1-2H3,(H3,14,16,18,19). The lowest BCUT2D eigenvalue weighted by atomic mass is 9.95. The van der Waals surface area contributed by atoms with E-state index in [4.69, 9.17) is 5.73 Å². The van der Waals surface area contributed by atoms with Crippen molar-refractivity contribution < 1.29 is 9.59 Å². The lowest BCUT2D eigenvalue weighted by Gasteiger charge is -2.35.